The van der Waals surface area contributed by atoms with E-state index in [9.17, 15) is 4.79 Å². The number of hydrogen-bond donors (Lipinski definition) is 1. The van der Waals surface area contributed by atoms with Crippen molar-refractivity contribution in [3.63, 3.8) is 0 Å². The Morgan fingerprint density at radius 2 is 1.84 bits per heavy atom. The third-order valence-corrected chi connectivity index (χ3v) is 5.88. The molecule has 1 amide bonds. The lowest BCUT2D eigenvalue weighted by atomic mass is 10.0. The number of nitrogens with zero attached hydrogens (tertiary/aromatic N) is 1. The Morgan fingerprint density at radius 3 is 2.66 bits per heavy atom. The van der Waals surface area contributed by atoms with Gasteiger partial charge in [0.05, 0.1) is 20.1 Å². The quantitative estimate of drug-likeness (QED) is 0.608. The zero-order valence-corrected chi connectivity index (χ0v) is 18.8. The van der Waals surface area contributed by atoms with E-state index in [1.54, 1.807) is 7.11 Å². The summed E-state index contributed by atoms with van der Waals surface area (Å²) in [7, 11) is 1.62. The highest BCUT2D eigenvalue weighted by atomic mass is 16.6. The topological polar surface area (TPSA) is 73.8 Å². The average Bonchev–Trinajstić information content (AvgIpc) is 3.32. The van der Waals surface area contributed by atoms with Crippen LogP contribution in [0.1, 0.15) is 24.8 Å². The minimum Gasteiger partial charge on any atom is -0.497 e. The lowest BCUT2D eigenvalue weighted by molar-refractivity contribution is -0.606. The standard InChI is InChI=1S/C25H32N2O5/c1-29-21-5-4-6-22(17-21)30-12-9-25(28)26-20(18-27-10-2-3-11-27)15-19-7-8-23-24(16-19)32-14-13-31-23/h4-8,16-17,20H,2-3,9-15,18H2,1H3,(H,26,28)/p+1. The first-order valence-corrected chi connectivity index (χ1v) is 11.4. The largest absolute Gasteiger partial charge is 0.497 e. The zero-order chi connectivity index (χ0) is 22.2. The highest BCUT2D eigenvalue weighted by Gasteiger charge is 2.24. The van der Waals surface area contributed by atoms with Crippen molar-refractivity contribution in [1.29, 1.82) is 0 Å². The van der Waals surface area contributed by atoms with Crippen LogP contribution in [0.3, 0.4) is 0 Å². The summed E-state index contributed by atoms with van der Waals surface area (Å²) in [6.45, 7) is 4.63. The van der Waals surface area contributed by atoms with Gasteiger partial charge in [0.1, 0.15) is 37.4 Å². The van der Waals surface area contributed by atoms with Crippen LogP contribution in [0, 0.1) is 0 Å². The number of carbonyl (C=O) groups excluding carboxylic acids is 1. The minimum absolute atomic E-state index is 0.120. The van der Waals surface area contributed by atoms with Gasteiger partial charge in [0.15, 0.2) is 11.5 Å². The van der Waals surface area contributed by atoms with Gasteiger partial charge < -0.3 is 18.9 Å². The lowest BCUT2D eigenvalue weighted by Crippen LogP contribution is -2.95. The van der Waals surface area contributed by atoms with E-state index in [0.29, 0.717) is 32.0 Å². The van der Waals surface area contributed by atoms with E-state index in [1.165, 1.54) is 12.8 Å². The predicted octanol–water partition coefficient (Wildman–Crippen LogP) is 2.03. The molecule has 1 fully saturated rings. The van der Waals surface area contributed by atoms with Crippen molar-refractivity contribution < 1.29 is 29.1 Å². The van der Waals surface area contributed by atoms with Gasteiger partial charge in [-0.05, 0) is 55.8 Å². The molecule has 2 aromatic carbocycles. The maximum absolute atomic E-state index is 12.7. The normalized spacial score (nSPS) is 16.5. The monoisotopic (exact) mass is 441 g/mol. The van der Waals surface area contributed by atoms with E-state index in [0.717, 1.165) is 48.9 Å². The van der Waals surface area contributed by atoms with Crippen LogP contribution in [0.25, 0.3) is 0 Å². The van der Waals surface area contributed by atoms with Gasteiger partial charge in [-0.15, -0.1) is 0 Å². The van der Waals surface area contributed by atoms with Crippen LogP contribution in [-0.2, 0) is 11.2 Å². The second-order valence-corrected chi connectivity index (χ2v) is 8.36. The number of ether oxygens (including phenoxy) is 4. The van der Waals surface area contributed by atoms with Crippen LogP contribution in [0.2, 0.25) is 0 Å². The molecular formula is C25H33N2O5+. The predicted molar refractivity (Wildman–Crippen MR) is 121 cm³/mol. The van der Waals surface area contributed by atoms with Crippen molar-refractivity contribution in [2.45, 2.75) is 31.7 Å². The smallest absolute Gasteiger partial charge is 0.314 e. The number of fused-ring (bicyclic) bond motifs is 1. The molecule has 0 aliphatic carbocycles. The molecule has 1 unspecified atom stereocenters. The molecule has 0 radical (unpaired) electrons. The fraction of sp³-hybridized carbons (Fsp3) is 0.480. The second kappa shape index (κ2) is 11.2. The van der Waals surface area contributed by atoms with E-state index in [2.05, 4.69) is 17.0 Å². The number of carbonyl (C=O) groups is 1. The van der Waals surface area contributed by atoms with E-state index >= 15 is 0 Å². The van der Waals surface area contributed by atoms with Crippen LogP contribution in [0.5, 0.6) is 23.0 Å². The van der Waals surface area contributed by atoms with E-state index in [-0.39, 0.29) is 11.9 Å². The molecule has 0 bridgehead atoms. The van der Waals surface area contributed by atoms with Crippen LogP contribution in [-0.4, -0.2) is 63.4 Å². The zero-order valence-electron chi connectivity index (χ0n) is 18.8. The molecule has 2 heterocycles. The van der Waals surface area contributed by atoms with Crippen molar-refractivity contribution in [3.05, 3.63) is 48.0 Å². The van der Waals surface area contributed by atoms with Crippen molar-refractivity contribution in [2.75, 3.05) is 46.6 Å². The van der Waals surface area contributed by atoms with Crippen LogP contribution < -0.4 is 24.3 Å². The average molecular weight is 442 g/mol. The first-order chi connectivity index (χ1) is 15.7. The number of methoxy groups -OCH3 is 1. The van der Waals surface area contributed by atoms with Gasteiger partial charge in [0.2, 0.25) is 0 Å². The number of quaternary nitrogens is 1. The molecular weight excluding hydrogens is 408 g/mol. The molecule has 2 aliphatic rings. The molecule has 0 saturated carbocycles. The Morgan fingerprint density at radius 1 is 1.06 bits per heavy atom. The maximum atomic E-state index is 12.7. The first kappa shape index (κ1) is 22.4. The van der Waals surface area contributed by atoms with Gasteiger partial charge in [-0.2, -0.15) is 0 Å². The van der Waals surface area contributed by atoms with Crippen molar-refractivity contribution in [2.24, 2.45) is 0 Å². The fourth-order valence-electron chi connectivity index (χ4n) is 4.30. The SMILES string of the molecule is COc1cccc(OCCC(=O)[NH2+]C(Cc2ccc3c(c2)OCCO3)CN2CCCC2)c1. The molecule has 0 aromatic heterocycles. The summed E-state index contributed by atoms with van der Waals surface area (Å²) < 4.78 is 22.3. The van der Waals surface area contributed by atoms with Crippen LogP contribution in [0.15, 0.2) is 42.5 Å². The van der Waals surface area contributed by atoms with Gasteiger partial charge in [-0.3, -0.25) is 10.2 Å². The van der Waals surface area contributed by atoms with E-state index in [4.69, 9.17) is 18.9 Å². The Labute approximate surface area is 189 Å². The third-order valence-electron chi connectivity index (χ3n) is 5.88. The number of rotatable bonds is 10. The molecule has 32 heavy (non-hydrogen) atoms. The highest BCUT2D eigenvalue weighted by Crippen LogP contribution is 2.31. The molecule has 0 spiro atoms. The number of nitrogens with two attached hydrogens (primary N) is 1. The molecule has 2 aliphatic heterocycles. The summed E-state index contributed by atoms with van der Waals surface area (Å²) in [5, 5.41) is 1.89. The summed E-state index contributed by atoms with van der Waals surface area (Å²) in [4.78, 5) is 15.2. The number of primary amides is 1. The highest BCUT2D eigenvalue weighted by molar-refractivity contribution is 5.65. The van der Waals surface area contributed by atoms with E-state index < -0.39 is 0 Å². The third kappa shape index (κ3) is 6.37. The minimum atomic E-state index is 0.120. The number of hydrogen-bond acceptors (Lipinski definition) is 6. The first-order valence-electron chi connectivity index (χ1n) is 11.4. The van der Waals surface area contributed by atoms with Gasteiger partial charge >= 0.3 is 5.91 Å². The van der Waals surface area contributed by atoms with Gasteiger partial charge in [0, 0.05) is 12.5 Å². The van der Waals surface area contributed by atoms with Crippen LogP contribution >= 0.6 is 0 Å². The summed E-state index contributed by atoms with van der Waals surface area (Å²) in [6, 6.07) is 13.7. The number of benzene rings is 2. The molecule has 2 aromatic rings. The molecule has 2 N–H and O–H groups in total. The molecule has 172 valence electrons. The lowest BCUT2D eigenvalue weighted by Gasteiger charge is -2.23. The Hall–Kier alpha value is -2.77. The Balaban J connectivity index is 1.32. The summed E-state index contributed by atoms with van der Waals surface area (Å²) >= 11 is 0. The number of likely N-dealkylation sites (tertiary alicyclic amines) is 1. The van der Waals surface area contributed by atoms with Crippen molar-refractivity contribution in [1.82, 2.24) is 4.90 Å². The van der Waals surface area contributed by atoms with Gasteiger partial charge in [-0.25, -0.2) is 4.79 Å². The van der Waals surface area contributed by atoms with Gasteiger partial charge in [-0.1, -0.05) is 12.1 Å². The second-order valence-electron chi connectivity index (χ2n) is 8.36. The van der Waals surface area contributed by atoms with Gasteiger partial charge in [0.25, 0.3) is 0 Å². The molecule has 1 atom stereocenters. The molecule has 1 saturated heterocycles. The molecule has 7 heteroatoms. The summed E-state index contributed by atoms with van der Waals surface area (Å²) in [6.07, 6.45) is 3.63. The molecule has 7 nitrogen and oxygen atoms in total. The maximum Gasteiger partial charge on any atom is 0.314 e. The Bertz CT molecular complexity index is 898. The van der Waals surface area contributed by atoms with Crippen molar-refractivity contribution in [3.8, 4) is 23.0 Å². The van der Waals surface area contributed by atoms with Crippen molar-refractivity contribution >= 4 is 5.91 Å². The fourth-order valence-corrected chi connectivity index (χ4v) is 4.30. The number of amides is 1. The van der Waals surface area contributed by atoms with Crippen LogP contribution in [0.4, 0.5) is 0 Å². The summed E-state index contributed by atoms with van der Waals surface area (Å²) in [5.74, 6) is 3.17. The van der Waals surface area contributed by atoms with E-state index in [1.807, 2.05) is 35.6 Å². The molecule has 4 rings (SSSR count). The Kier molecular flexibility index (Phi) is 7.85. The summed E-state index contributed by atoms with van der Waals surface area (Å²) in [5.41, 5.74) is 1.16.